The molecule has 0 aromatic carbocycles. The molecule has 1 aromatic heterocycles. The third-order valence-corrected chi connectivity index (χ3v) is 4.06. The molecule has 1 aliphatic rings. The van der Waals surface area contributed by atoms with Crippen LogP contribution in [0.2, 0.25) is 0 Å². The Morgan fingerprint density at radius 1 is 1.33 bits per heavy atom. The van der Waals surface area contributed by atoms with Gasteiger partial charge in [-0.3, -0.25) is 9.36 Å². The molecule has 0 saturated heterocycles. The van der Waals surface area contributed by atoms with E-state index in [1.807, 2.05) is 20.8 Å². The van der Waals surface area contributed by atoms with E-state index in [1.54, 1.807) is 0 Å². The van der Waals surface area contributed by atoms with E-state index in [0.717, 1.165) is 31.6 Å². The molecule has 0 atom stereocenters. The third-order valence-electron chi connectivity index (χ3n) is 4.06. The fourth-order valence-electron chi connectivity index (χ4n) is 2.74. The zero-order valence-corrected chi connectivity index (χ0v) is 13.4. The second-order valence-electron chi connectivity index (χ2n) is 7.15. The van der Waals surface area contributed by atoms with Crippen molar-refractivity contribution in [3.05, 3.63) is 16.8 Å². The van der Waals surface area contributed by atoms with Crippen molar-refractivity contribution in [1.29, 1.82) is 0 Å². The maximum atomic E-state index is 12.2. The molecule has 1 N–H and O–H groups in total. The summed E-state index contributed by atoms with van der Waals surface area (Å²) in [6.07, 6.45) is 5.82. The molecule has 1 amide bonds. The van der Waals surface area contributed by atoms with E-state index in [2.05, 4.69) is 17.3 Å². The Balaban J connectivity index is 1.94. The van der Waals surface area contributed by atoms with Gasteiger partial charge in [0.25, 0.3) is 0 Å². The van der Waals surface area contributed by atoms with Gasteiger partial charge in [0, 0.05) is 6.04 Å². The number of carbonyl (C=O) groups is 1. The molecule has 6 heteroatoms. The van der Waals surface area contributed by atoms with E-state index in [4.69, 9.17) is 0 Å². The highest BCUT2D eigenvalue weighted by atomic mass is 16.2. The molecular formula is C15H26N4O2. The van der Waals surface area contributed by atoms with Crippen LogP contribution in [0, 0.1) is 5.92 Å². The minimum absolute atomic E-state index is 0.0426. The molecule has 0 radical (unpaired) electrons. The first-order chi connectivity index (χ1) is 9.77. The number of aromatic nitrogens is 3. The molecule has 1 fully saturated rings. The quantitative estimate of drug-likeness (QED) is 0.918. The lowest BCUT2D eigenvalue weighted by atomic mass is 9.87. The van der Waals surface area contributed by atoms with Crippen molar-refractivity contribution in [2.45, 2.75) is 71.5 Å². The van der Waals surface area contributed by atoms with Crippen LogP contribution < -0.4 is 11.0 Å². The van der Waals surface area contributed by atoms with Gasteiger partial charge in [0.05, 0.1) is 5.54 Å². The van der Waals surface area contributed by atoms with Gasteiger partial charge in [-0.15, -0.1) is 0 Å². The smallest absolute Gasteiger partial charge is 0.346 e. The lowest BCUT2D eigenvalue weighted by Gasteiger charge is -2.26. The van der Waals surface area contributed by atoms with Crippen LogP contribution in [0.3, 0.4) is 0 Å². The van der Waals surface area contributed by atoms with E-state index >= 15 is 0 Å². The van der Waals surface area contributed by atoms with Crippen molar-refractivity contribution in [3.8, 4) is 0 Å². The van der Waals surface area contributed by atoms with Gasteiger partial charge < -0.3 is 5.32 Å². The lowest BCUT2D eigenvalue weighted by molar-refractivity contribution is -0.122. The Morgan fingerprint density at radius 3 is 2.48 bits per heavy atom. The molecular weight excluding hydrogens is 268 g/mol. The average Bonchev–Trinajstić information content (AvgIpc) is 2.73. The summed E-state index contributed by atoms with van der Waals surface area (Å²) in [5, 5.41) is 7.11. The minimum atomic E-state index is -0.377. The number of amides is 1. The zero-order chi connectivity index (χ0) is 15.6. The standard InChI is InChI=1S/C15H26N4O2/c1-11-5-7-12(8-6-11)17-13(20)9-18-10-16-19(14(18)21)15(2,3)4/h10-12H,5-9H2,1-4H3,(H,17,20). The number of hydrogen-bond acceptors (Lipinski definition) is 3. The van der Waals surface area contributed by atoms with Crippen LogP contribution in [0.15, 0.2) is 11.1 Å². The van der Waals surface area contributed by atoms with E-state index in [-0.39, 0.29) is 29.7 Å². The summed E-state index contributed by atoms with van der Waals surface area (Å²) in [4.78, 5) is 24.2. The first-order valence-corrected chi connectivity index (χ1v) is 7.71. The van der Waals surface area contributed by atoms with Crippen LogP contribution in [0.25, 0.3) is 0 Å². The van der Waals surface area contributed by atoms with Crippen molar-refractivity contribution in [2.24, 2.45) is 5.92 Å². The summed E-state index contributed by atoms with van der Waals surface area (Å²) >= 11 is 0. The number of rotatable bonds is 3. The van der Waals surface area contributed by atoms with Crippen LogP contribution in [0.5, 0.6) is 0 Å². The van der Waals surface area contributed by atoms with Gasteiger partial charge in [0.1, 0.15) is 12.9 Å². The molecule has 0 spiro atoms. The average molecular weight is 294 g/mol. The topological polar surface area (TPSA) is 68.9 Å². The van der Waals surface area contributed by atoms with Gasteiger partial charge in [0.2, 0.25) is 5.91 Å². The Hall–Kier alpha value is -1.59. The molecule has 1 saturated carbocycles. The van der Waals surface area contributed by atoms with Crippen LogP contribution in [-0.4, -0.2) is 26.3 Å². The SMILES string of the molecule is CC1CCC(NC(=O)Cn2cnn(C(C)(C)C)c2=O)CC1. The van der Waals surface area contributed by atoms with Gasteiger partial charge in [0.15, 0.2) is 0 Å². The highest BCUT2D eigenvalue weighted by molar-refractivity contribution is 5.76. The minimum Gasteiger partial charge on any atom is -0.352 e. The summed E-state index contributed by atoms with van der Waals surface area (Å²) in [5.74, 6) is 0.649. The van der Waals surface area contributed by atoms with E-state index in [1.165, 1.54) is 15.6 Å². The maximum Gasteiger partial charge on any atom is 0.346 e. The predicted octanol–water partition coefficient (Wildman–Crippen LogP) is 1.49. The zero-order valence-electron chi connectivity index (χ0n) is 13.4. The number of carbonyl (C=O) groups excluding carboxylic acids is 1. The molecule has 118 valence electrons. The number of nitrogens with one attached hydrogen (secondary N) is 1. The van der Waals surface area contributed by atoms with Gasteiger partial charge in [-0.1, -0.05) is 6.92 Å². The second-order valence-corrected chi connectivity index (χ2v) is 7.15. The van der Waals surface area contributed by atoms with Crippen LogP contribution in [-0.2, 0) is 16.9 Å². The monoisotopic (exact) mass is 294 g/mol. The normalized spacial score (nSPS) is 23.0. The third kappa shape index (κ3) is 3.95. The van der Waals surface area contributed by atoms with Crippen LogP contribution in [0.1, 0.15) is 53.4 Å². The largest absolute Gasteiger partial charge is 0.352 e. The summed E-state index contributed by atoms with van der Waals surface area (Å²) in [6.45, 7) is 8.03. The molecule has 21 heavy (non-hydrogen) atoms. The highest BCUT2D eigenvalue weighted by Crippen LogP contribution is 2.23. The lowest BCUT2D eigenvalue weighted by Crippen LogP contribution is -2.41. The molecule has 1 aromatic rings. The Bertz CT molecular complexity index is 545. The predicted molar refractivity (Wildman–Crippen MR) is 81.0 cm³/mol. The fourth-order valence-corrected chi connectivity index (χ4v) is 2.74. The van der Waals surface area contributed by atoms with Crippen molar-refractivity contribution >= 4 is 5.91 Å². The van der Waals surface area contributed by atoms with Crippen molar-refractivity contribution < 1.29 is 4.79 Å². The van der Waals surface area contributed by atoms with E-state index in [0.29, 0.717) is 0 Å². The first kappa shape index (κ1) is 15.8. The highest BCUT2D eigenvalue weighted by Gasteiger charge is 2.22. The molecule has 1 heterocycles. The molecule has 0 aliphatic heterocycles. The second kappa shape index (κ2) is 6.03. The van der Waals surface area contributed by atoms with E-state index < -0.39 is 0 Å². The van der Waals surface area contributed by atoms with Crippen LogP contribution >= 0.6 is 0 Å². The summed E-state index contributed by atoms with van der Waals surface area (Å²) in [6, 6.07) is 0.252. The summed E-state index contributed by atoms with van der Waals surface area (Å²) < 4.78 is 2.77. The van der Waals surface area contributed by atoms with Crippen molar-refractivity contribution in [3.63, 3.8) is 0 Å². The van der Waals surface area contributed by atoms with Gasteiger partial charge >= 0.3 is 5.69 Å². The van der Waals surface area contributed by atoms with Crippen molar-refractivity contribution in [2.75, 3.05) is 0 Å². The number of nitrogens with zero attached hydrogens (tertiary/aromatic N) is 3. The summed E-state index contributed by atoms with van der Waals surface area (Å²) in [5.41, 5.74) is -0.617. The van der Waals surface area contributed by atoms with Crippen molar-refractivity contribution in [1.82, 2.24) is 19.7 Å². The van der Waals surface area contributed by atoms with Gasteiger partial charge in [-0.25, -0.2) is 9.48 Å². The van der Waals surface area contributed by atoms with Gasteiger partial charge in [-0.05, 0) is 52.4 Å². The Labute approximate surface area is 125 Å². The molecule has 2 rings (SSSR count). The number of hydrogen-bond donors (Lipinski definition) is 1. The maximum absolute atomic E-state index is 12.2. The molecule has 0 bridgehead atoms. The Morgan fingerprint density at radius 2 is 1.95 bits per heavy atom. The Kier molecular flexibility index (Phi) is 4.54. The molecule has 1 aliphatic carbocycles. The van der Waals surface area contributed by atoms with Gasteiger partial charge in [-0.2, -0.15) is 5.10 Å². The summed E-state index contributed by atoms with van der Waals surface area (Å²) in [7, 11) is 0. The first-order valence-electron chi connectivity index (χ1n) is 7.71. The van der Waals surface area contributed by atoms with E-state index in [9.17, 15) is 9.59 Å². The van der Waals surface area contributed by atoms with Crippen LogP contribution in [0.4, 0.5) is 0 Å². The molecule has 0 unspecified atom stereocenters. The fraction of sp³-hybridized carbons (Fsp3) is 0.800. The molecule has 6 nitrogen and oxygen atoms in total.